The van der Waals surface area contributed by atoms with Crippen LogP contribution in [0.2, 0.25) is 0 Å². The Morgan fingerprint density at radius 3 is 1.12 bits per heavy atom. The van der Waals surface area contributed by atoms with E-state index in [0.29, 0.717) is 209 Å². The lowest BCUT2D eigenvalue weighted by Crippen LogP contribution is -2.43. The monoisotopic (exact) mass is 2190 g/mol. The fraction of sp³-hybridized carbons (Fsp3) is 0.553. The number of para-hydroxylation sites is 4. The van der Waals surface area contributed by atoms with E-state index < -0.39 is 68.8 Å². The molecular formula is C85H132N14O27P8S5. The fourth-order valence-electron chi connectivity index (χ4n) is 11.9. The number of hydrogen-bond acceptors (Lipinski definition) is 32. The molecular weight excluding hydrogens is 2060 g/mol. The molecule has 10 aliphatic rings. The minimum Gasteiger partial charge on any atom is -0.414 e. The van der Waals surface area contributed by atoms with E-state index in [1.807, 2.05) is 133 Å². The highest BCUT2D eigenvalue weighted by Gasteiger charge is 2.40. The molecule has 2 atom stereocenters. The van der Waals surface area contributed by atoms with Gasteiger partial charge >= 0.3 is 74.9 Å². The Labute approximate surface area is 852 Å². The summed E-state index contributed by atoms with van der Waals surface area (Å²) in [5.74, 6) is 1.35. The van der Waals surface area contributed by atoms with Crippen LogP contribution in [0.1, 0.15) is 91.3 Å². The molecule has 139 heavy (non-hydrogen) atoms. The van der Waals surface area contributed by atoms with Crippen LogP contribution >= 0.6 is 130 Å². The van der Waals surface area contributed by atoms with Crippen molar-refractivity contribution in [2.45, 2.75) is 88.9 Å². The van der Waals surface area contributed by atoms with E-state index in [9.17, 15) is 14.4 Å². The zero-order valence-corrected chi connectivity index (χ0v) is 89.9. The highest BCUT2D eigenvalue weighted by atomic mass is 32.1. The van der Waals surface area contributed by atoms with Gasteiger partial charge in [-0.2, -0.15) is 0 Å². The number of fused-ring (bicyclic) bond motifs is 2. The van der Waals surface area contributed by atoms with E-state index in [0.717, 1.165) is 66.8 Å². The Morgan fingerprint density at radius 1 is 0.338 bits per heavy atom. The van der Waals surface area contributed by atoms with Crippen molar-refractivity contribution in [2.75, 3.05) is 230 Å². The normalized spacial score (nSPS) is 17.9. The molecule has 12 N–H and O–H groups in total. The van der Waals surface area contributed by atoms with Crippen LogP contribution in [0.15, 0.2) is 146 Å². The van der Waals surface area contributed by atoms with Crippen LogP contribution in [0, 0.1) is 0 Å². The van der Waals surface area contributed by atoms with Gasteiger partial charge in [0.05, 0.1) is 144 Å². The first kappa shape index (κ1) is 119. The molecule has 54 heteroatoms. The molecule has 0 spiro atoms. The van der Waals surface area contributed by atoms with Crippen molar-refractivity contribution < 1.29 is 123 Å². The Balaban J connectivity index is 0.000000195. The number of urea groups is 1. The number of thiocarbonyl (C=S) groups is 5. The van der Waals surface area contributed by atoms with E-state index in [-0.39, 0.29) is 30.1 Å². The second-order valence-electron chi connectivity index (χ2n) is 29.3. The summed E-state index contributed by atoms with van der Waals surface area (Å²) in [6.45, 7) is 16.2. The molecule has 9 fully saturated rings. The molecule has 774 valence electrons. The van der Waals surface area contributed by atoms with Crippen molar-refractivity contribution >= 4 is 185 Å². The van der Waals surface area contributed by atoms with Gasteiger partial charge in [0.15, 0.2) is 37.1 Å². The average Bonchev–Trinajstić information content (AvgIpc) is 1.70. The van der Waals surface area contributed by atoms with Gasteiger partial charge in [0.2, 0.25) is 0 Å². The molecule has 8 heterocycles. The molecule has 4 amide bonds. The number of nitrogens with one attached hydrogen (secondary N) is 12. The van der Waals surface area contributed by atoms with E-state index in [1.165, 1.54) is 44.9 Å². The van der Waals surface area contributed by atoms with Crippen molar-refractivity contribution in [3.8, 4) is 11.5 Å². The minimum atomic E-state index is -1.31. The predicted octanol–water partition coefficient (Wildman–Crippen LogP) is 15.2. The fourth-order valence-corrected chi connectivity index (χ4v) is 20.5. The van der Waals surface area contributed by atoms with Crippen LogP contribution in [-0.4, -0.2) is 291 Å². The van der Waals surface area contributed by atoms with E-state index in [4.69, 9.17) is 170 Å². The highest BCUT2D eigenvalue weighted by Crippen LogP contribution is 2.54. The zero-order chi connectivity index (χ0) is 98.6. The van der Waals surface area contributed by atoms with Gasteiger partial charge in [-0.25, -0.2) is 4.79 Å². The number of hydrogen-bond donors (Lipinski definition) is 12. The second kappa shape index (κ2) is 75.6. The molecule has 0 radical (unpaired) electrons. The Morgan fingerprint density at radius 2 is 0.683 bits per heavy atom. The van der Waals surface area contributed by atoms with Crippen LogP contribution in [0.3, 0.4) is 0 Å². The lowest BCUT2D eigenvalue weighted by Gasteiger charge is -2.24. The first-order valence-electron chi connectivity index (χ1n) is 45.5. The number of likely N-dealkylation sites (N-methyl/N-ethyl adjacent to an activating group) is 2. The topological polar surface area (TPSA) is 424 Å². The third-order valence-electron chi connectivity index (χ3n) is 18.8. The number of unbranched alkanes of at least 4 members (excludes halogenated alkanes) is 1. The minimum absolute atomic E-state index is 0.0137. The number of amides is 4. The summed E-state index contributed by atoms with van der Waals surface area (Å²) in [4.78, 5) is 38.6. The van der Waals surface area contributed by atoms with Gasteiger partial charge < -0.3 is 178 Å². The second-order valence-corrected chi connectivity index (χ2v) is 40.8. The number of benzene rings is 5. The summed E-state index contributed by atoms with van der Waals surface area (Å²) in [5.41, 5.74) is 3.07. The van der Waals surface area contributed by atoms with Gasteiger partial charge in [-0.05, 0) is 160 Å². The zero-order valence-electron chi connectivity index (χ0n) is 78.7. The summed E-state index contributed by atoms with van der Waals surface area (Å²) in [6.07, 6.45) is 13.6. The number of carbonyl (C=O) groups excluding carboxylic acids is 3. The van der Waals surface area contributed by atoms with Crippen LogP contribution in [0.5, 0.6) is 11.5 Å². The molecule has 0 bridgehead atoms. The number of nitrogens with zero attached hydrogens (tertiary/aromatic N) is 2. The predicted molar refractivity (Wildman–Crippen MR) is 560 cm³/mol. The average molecular weight is 2190 g/mol. The van der Waals surface area contributed by atoms with Gasteiger partial charge in [0.1, 0.15) is 0 Å². The standard InChI is InChI=1S/C13H19N2O3PS.C12H16NO4P.C11H15N2O4P.C11H21N2O3PS.C11H14NO4P.C10H19N2O3PS.C10H13N2O3PS.C7H15N2O3PS/c20-13(15-12-6-2-1-3-7-12)14-8-4-5-9-16-19-17-10-11-18-19;1-13(7-8-15-18-16-9-10-17-18)12(14)11-5-3-2-4-6-11;14-11(13-10-4-2-1-3-5-10)12-6-7-15-18-16-8-9-17-18;18-11(13-10-4-2-1-3-5-10)12-6-7-14-17-15-8-9-16-17;13-11(10-4-2-1-3-5-10)12-6-7-14-17-15-8-9-16-17;2*1-11-10(17)12-6-7-13-16-14-8-4-2-3-5-9(8)15-16;1-8-7(14)9(2)3-4-10-13-11-5-6-12-13/h1-3,6-7H,4-5,8-11H2,(H2,14,15,20);2-6H,7-10H2,1H3;1-5H,6-9H2,(H2,12,13,14);10H,1-9H2,(H2,12,13,18);1-5H,6-9H2,(H,12,13);8-9H,2-7H2,1H3,(H2,11,12,17);2-5H,6-7H2,1H3,(H2,11,12,17);3-6H2,1-2H3,(H,8,14)/t;;;;;8-,9-;;/m.....1../s1. The van der Waals surface area contributed by atoms with E-state index in [2.05, 4.69) is 63.8 Å². The SMILES string of the molecule is CN(CCOP1OCCO1)C(=O)c1ccccc1.CNC(=S)N(C)CCOP1OCCO1.CNC(=S)NCCOP1O[C@@H]2CCCC[C@H]2O1.CNC(=S)NCCOP1Oc2ccccc2O1.O=C(NCCOP1OCCO1)Nc1ccccc1.O=C(NCCOP1OCCO1)c1ccccc1.S=C(NCCCCOP1OCCO1)Nc1ccccc1.S=C(NCCOP1OCCO1)NC1CCCCC1. The lowest BCUT2D eigenvalue weighted by molar-refractivity contribution is 0.0768. The first-order chi connectivity index (χ1) is 68.0. The summed E-state index contributed by atoms with van der Waals surface area (Å²) in [5, 5.41) is 38.8. The van der Waals surface area contributed by atoms with Crippen LogP contribution < -0.4 is 72.8 Å². The smallest absolute Gasteiger partial charge is 0.414 e. The molecule has 2 aliphatic carbocycles. The lowest BCUT2D eigenvalue weighted by atomic mass is 9.95. The Kier molecular flexibility index (Phi) is 64.8. The van der Waals surface area contributed by atoms with E-state index in [1.54, 1.807) is 57.4 Å². The maximum absolute atomic E-state index is 12.0. The molecule has 5 aromatic rings. The van der Waals surface area contributed by atoms with Crippen molar-refractivity contribution in [3.05, 3.63) is 157 Å². The van der Waals surface area contributed by atoms with Crippen LogP contribution in [0.4, 0.5) is 16.2 Å². The third kappa shape index (κ3) is 54.3. The number of carbonyl (C=O) groups is 3. The highest BCUT2D eigenvalue weighted by molar-refractivity contribution is 7.81. The molecule has 41 nitrogen and oxygen atoms in total. The molecule has 8 aliphatic heterocycles. The van der Waals surface area contributed by atoms with Crippen LogP contribution in [0.25, 0.3) is 0 Å². The van der Waals surface area contributed by atoms with Gasteiger partial charge in [-0.3, -0.25) is 14.1 Å². The van der Waals surface area contributed by atoms with Crippen molar-refractivity contribution in [1.29, 1.82) is 0 Å². The summed E-state index contributed by atoms with van der Waals surface area (Å²) < 4.78 is 128. The maximum Gasteiger partial charge on any atom is 0.463 e. The van der Waals surface area contributed by atoms with Gasteiger partial charge in [0.25, 0.3) is 11.8 Å². The van der Waals surface area contributed by atoms with E-state index >= 15 is 0 Å². The molecule has 15 rings (SSSR count). The van der Waals surface area contributed by atoms with Crippen molar-refractivity contribution in [3.63, 3.8) is 0 Å². The Bertz CT molecular complexity index is 4130. The molecule has 0 aromatic heterocycles. The molecule has 7 saturated heterocycles. The molecule has 5 aromatic carbocycles. The molecule has 0 unspecified atom stereocenters. The largest absolute Gasteiger partial charge is 0.463 e. The van der Waals surface area contributed by atoms with Crippen molar-refractivity contribution in [2.24, 2.45) is 0 Å². The molecule has 2 saturated carbocycles. The quantitative estimate of drug-likeness (QED) is 0.00987. The number of anilines is 2. The first-order valence-corrected chi connectivity index (χ1v) is 56.3. The van der Waals surface area contributed by atoms with Gasteiger partial charge in [-0.1, -0.05) is 117 Å². The van der Waals surface area contributed by atoms with Crippen LogP contribution in [-0.2, 0) is 99.5 Å². The third-order valence-corrected chi connectivity index (χ3v) is 30.0. The van der Waals surface area contributed by atoms with Gasteiger partial charge in [0, 0.05) is 116 Å². The van der Waals surface area contributed by atoms with Gasteiger partial charge in [-0.15, -0.1) is 0 Å². The number of rotatable bonds is 39. The van der Waals surface area contributed by atoms with Crippen molar-refractivity contribution in [1.82, 2.24) is 63.0 Å². The summed E-state index contributed by atoms with van der Waals surface area (Å²) >= 11 is 25.4. The Hall–Kier alpha value is -5.08. The summed E-state index contributed by atoms with van der Waals surface area (Å²) in [6, 6.07) is 45.1. The maximum atomic E-state index is 12.0. The summed E-state index contributed by atoms with van der Waals surface area (Å²) in [7, 11) is -0.256.